The van der Waals surface area contributed by atoms with Crippen molar-refractivity contribution in [2.75, 3.05) is 12.4 Å². The van der Waals surface area contributed by atoms with Crippen LogP contribution in [0.5, 0.6) is 5.75 Å². The fraction of sp³-hybridized carbons (Fsp3) is 0.286. The third kappa shape index (κ3) is 5.15. The quantitative estimate of drug-likeness (QED) is 0.352. The fourth-order valence-electron chi connectivity index (χ4n) is 5.00. The van der Waals surface area contributed by atoms with Crippen LogP contribution in [0.3, 0.4) is 0 Å². The molecule has 0 saturated heterocycles. The Morgan fingerprint density at radius 2 is 1.73 bits per heavy atom. The van der Waals surface area contributed by atoms with E-state index in [2.05, 4.69) is 15.6 Å². The summed E-state index contributed by atoms with van der Waals surface area (Å²) in [7, 11) is 1.60. The van der Waals surface area contributed by atoms with Gasteiger partial charge in [-0.2, -0.15) is 0 Å². The topological polar surface area (TPSA) is 89.4 Å². The van der Waals surface area contributed by atoms with Gasteiger partial charge in [-0.05, 0) is 66.9 Å². The van der Waals surface area contributed by atoms with Crippen molar-refractivity contribution in [3.63, 3.8) is 0 Å². The summed E-state index contributed by atoms with van der Waals surface area (Å²) in [6.07, 6.45) is 2.86. The molecular formula is C28H28ClN5O3. The lowest BCUT2D eigenvalue weighted by molar-refractivity contribution is -0.147. The normalized spacial score (nSPS) is 14.4. The van der Waals surface area contributed by atoms with Crippen LogP contribution in [0.2, 0.25) is 5.02 Å². The zero-order valence-electron chi connectivity index (χ0n) is 20.6. The summed E-state index contributed by atoms with van der Waals surface area (Å²) >= 11 is 6.11. The average Bonchev–Trinajstić information content (AvgIpc) is 3.57. The number of hydrogen-bond donors (Lipinski definition) is 1. The first-order chi connectivity index (χ1) is 18.0. The molecule has 0 radical (unpaired) electrons. The van der Waals surface area contributed by atoms with Crippen molar-refractivity contribution in [2.24, 2.45) is 0 Å². The zero-order chi connectivity index (χ0) is 25.8. The van der Waals surface area contributed by atoms with Gasteiger partial charge in [0.25, 0.3) is 0 Å². The van der Waals surface area contributed by atoms with E-state index in [-0.39, 0.29) is 24.9 Å². The van der Waals surface area contributed by atoms with Crippen molar-refractivity contribution < 1.29 is 14.3 Å². The third-order valence-corrected chi connectivity index (χ3v) is 7.23. The molecule has 0 aliphatic heterocycles. The Morgan fingerprint density at radius 3 is 2.43 bits per heavy atom. The molecule has 1 aromatic heterocycles. The number of hydrogen-bond acceptors (Lipinski definition) is 5. The smallest absolute Gasteiger partial charge is 0.250 e. The van der Waals surface area contributed by atoms with E-state index in [0.717, 1.165) is 23.9 Å². The summed E-state index contributed by atoms with van der Waals surface area (Å²) < 4.78 is 6.82. The van der Waals surface area contributed by atoms with Crippen LogP contribution < -0.4 is 10.1 Å². The Kier molecular flexibility index (Phi) is 7.10. The number of fused-ring (bicyclic) bond motifs is 1. The number of carbonyl (C=O) groups is 2. The molecule has 190 valence electrons. The molecule has 1 fully saturated rings. The van der Waals surface area contributed by atoms with Crippen molar-refractivity contribution >= 4 is 40.1 Å². The van der Waals surface area contributed by atoms with Crippen LogP contribution in [-0.4, -0.2) is 44.4 Å². The summed E-state index contributed by atoms with van der Waals surface area (Å²) in [5, 5.41) is 12.1. The first-order valence-corrected chi connectivity index (χ1v) is 12.6. The van der Waals surface area contributed by atoms with E-state index >= 15 is 0 Å². The van der Waals surface area contributed by atoms with Gasteiger partial charge in [0.15, 0.2) is 0 Å². The highest BCUT2D eigenvalue weighted by molar-refractivity contribution is 6.30. The Bertz CT molecular complexity index is 1400. The number of anilines is 1. The van der Waals surface area contributed by atoms with Crippen molar-refractivity contribution in [2.45, 2.75) is 44.3 Å². The van der Waals surface area contributed by atoms with Crippen LogP contribution in [0.15, 0.2) is 72.8 Å². The largest absolute Gasteiger partial charge is 0.497 e. The lowest BCUT2D eigenvalue weighted by atomic mass is 9.92. The molecule has 0 bridgehead atoms. The first-order valence-electron chi connectivity index (χ1n) is 12.3. The van der Waals surface area contributed by atoms with Crippen molar-refractivity contribution in [1.29, 1.82) is 0 Å². The number of para-hydroxylation sites is 1. The molecule has 0 atom stereocenters. The zero-order valence-corrected chi connectivity index (χ0v) is 21.3. The second-order valence-electron chi connectivity index (χ2n) is 9.26. The molecule has 37 heavy (non-hydrogen) atoms. The molecular weight excluding hydrogens is 490 g/mol. The average molecular weight is 518 g/mol. The number of benzene rings is 3. The van der Waals surface area contributed by atoms with Gasteiger partial charge in [0.2, 0.25) is 11.8 Å². The standard InChI is InChI=1S/C28H28ClN5O3/c1-37-23-14-12-22(13-15-23)30-27(36)28(16-4-5-17-28)33(18-20-8-10-21(29)11-9-20)26(35)19-34-25-7-3-2-6-24(25)31-32-34/h2-3,6-15H,4-5,16-19H2,1H3,(H,30,36). The molecule has 1 N–H and O–H groups in total. The first kappa shape index (κ1) is 24.8. The molecule has 1 aliphatic carbocycles. The van der Waals surface area contributed by atoms with Gasteiger partial charge >= 0.3 is 0 Å². The predicted molar refractivity (Wildman–Crippen MR) is 142 cm³/mol. The molecule has 4 aromatic rings. The number of rotatable bonds is 8. The van der Waals surface area contributed by atoms with Gasteiger partial charge in [-0.1, -0.05) is 53.9 Å². The van der Waals surface area contributed by atoms with E-state index in [9.17, 15) is 9.59 Å². The van der Waals surface area contributed by atoms with Crippen molar-refractivity contribution in [3.8, 4) is 5.75 Å². The Labute approximate surface area is 220 Å². The highest BCUT2D eigenvalue weighted by Crippen LogP contribution is 2.38. The molecule has 3 aromatic carbocycles. The maximum Gasteiger partial charge on any atom is 0.250 e. The third-order valence-electron chi connectivity index (χ3n) is 6.98. The maximum atomic E-state index is 14.0. The molecule has 1 saturated carbocycles. The van der Waals surface area contributed by atoms with E-state index in [1.165, 1.54) is 0 Å². The SMILES string of the molecule is COc1ccc(NC(=O)C2(N(Cc3ccc(Cl)cc3)C(=O)Cn3nnc4ccccc43)CCCC2)cc1. The van der Waals surface area contributed by atoms with Gasteiger partial charge in [0.05, 0.1) is 12.6 Å². The molecule has 8 nitrogen and oxygen atoms in total. The second-order valence-corrected chi connectivity index (χ2v) is 9.70. The number of aromatic nitrogens is 3. The number of carbonyl (C=O) groups excluding carboxylic acids is 2. The van der Waals surface area contributed by atoms with E-state index in [1.54, 1.807) is 53.1 Å². The summed E-state index contributed by atoms with van der Waals surface area (Å²) in [5.74, 6) is 0.312. The minimum Gasteiger partial charge on any atom is -0.497 e. The van der Waals surface area contributed by atoms with Gasteiger partial charge in [0.1, 0.15) is 23.3 Å². The van der Waals surface area contributed by atoms with Gasteiger partial charge < -0.3 is 15.0 Å². The lowest BCUT2D eigenvalue weighted by Crippen LogP contribution is -2.57. The number of nitrogens with one attached hydrogen (secondary N) is 1. The molecule has 2 amide bonds. The van der Waals surface area contributed by atoms with Crippen LogP contribution in [0.4, 0.5) is 5.69 Å². The molecule has 0 unspecified atom stereocenters. The Hall–Kier alpha value is -3.91. The number of nitrogens with zero attached hydrogens (tertiary/aromatic N) is 4. The maximum absolute atomic E-state index is 14.0. The molecule has 1 aliphatic rings. The van der Waals surface area contributed by atoms with Gasteiger partial charge in [-0.3, -0.25) is 9.59 Å². The monoisotopic (exact) mass is 517 g/mol. The van der Waals surface area contributed by atoms with Crippen molar-refractivity contribution in [3.05, 3.63) is 83.4 Å². The number of halogens is 1. The van der Waals surface area contributed by atoms with E-state index in [4.69, 9.17) is 16.3 Å². The van der Waals surface area contributed by atoms with Gasteiger partial charge in [-0.25, -0.2) is 4.68 Å². The highest BCUT2D eigenvalue weighted by atomic mass is 35.5. The van der Waals surface area contributed by atoms with Crippen LogP contribution in [-0.2, 0) is 22.7 Å². The van der Waals surface area contributed by atoms with Crippen molar-refractivity contribution in [1.82, 2.24) is 19.9 Å². The number of methoxy groups -OCH3 is 1. The van der Waals surface area contributed by atoms with E-state index in [1.807, 2.05) is 36.4 Å². The molecule has 1 heterocycles. The van der Waals surface area contributed by atoms with Gasteiger partial charge in [0, 0.05) is 17.3 Å². The Morgan fingerprint density at radius 1 is 1.03 bits per heavy atom. The summed E-state index contributed by atoms with van der Waals surface area (Å²) in [5.41, 5.74) is 2.04. The Balaban J connectivity index is 1.48. The minimum absolute atomic E-state index is 0.0222. The summed E-state index contributed by atoms with van der Waals surface area (Å²) in [6.45, 7) is 0.254. The predicted octanol–water partition coefficient (Wildman–Crippen LogP) is 5.07. The fourth-order valence-corrected chi connectivity index (χ4v) is 5.13. The summed E-state index contributed by atoms with van der Waals surface area (Å²) in [4.78, 5) is 29.6. The van der Waals surface area contributed by atoms with Crippen LogP contribution in [0.25, 0.3) is 11.0 Å². The van der Waals surface area contributed by atoms with E-state index in [0.29, 0.717) is 34.8 Å². The molecule has 0 spiro atoms. The van der Waals surface area contributed by atoms with Crippen LogP contribution in [0, 0.1) is 0 Å². The van der Waals surface area contributed by atoms with Gasteiger partial charge in [-0.15, -0.1) is 5.10 Å². The number of ether oxygens (including phenoxy) is 1. The summed E-state index contributed by atoms with van der Waals surface area (Å²) in [6, 6.07) is 22.1. The lowest BCUT2D eigenvalue weighted by Gasteiger charge is -2.40. The molecule has 9 heteroatoms. The highest BCUT2D eigenvalue weighted by Gasteiger charge is 2.48. The minimum atomic E-state index is -0.993. The van der Waals surface area contributed by atoms with Crippen LogP contribution in [0.1, 0.15) is 31.2 Å². The van der Waals surface area contributed by atoms with E-state index < -0.39 is 5.54 Å². The second kappa shape index (κ2) is 10.6. The van der Waals surface area contributed by atoms with Crippen LogP contribution >= 0.6 is 11.6 Å². The number of amides is 2. The molecule has 5 rings (SSSR count).